The van der Waals surface area contributed by atoms with Crippen LogP contribution in [0.1, 0.15) is 29.4 Å². The van der Waals surface area contributed by atoms with E-state index < -0.39 is 0 Å². The van der Waals surface area contributed by atoms with Crippen LogP contribution in [0.3, 0.4) is 0 Å². The van der Waals surface area contributed by atoms with E-state index in [0.717, 1.165) is 26.6 Å². The highest BCUT2D eigenvalue weighted by molar-refractivity contribution is 14.1. The molecule has 0 atom stereocenters. The van der Waals surface area contributed by atoms with Crippen molar-refractivity contribution in [3.05, 3.63) is 43.6 Å². The third kappa shape index (κ3) is 3.79. The molecule has 0 aliphatic heterocycles. The van der Waals surface area contributed by atoms with Crippen LogP contribution in [0.4, 0.5) is 5.82 Å². The van der Waals surface area contributed by atoms with Crippen LogP contribution < -0.4 is 5.32 Å². The number of halogens is 2. The van der Waals surface area contributed by atoms with Crippen molar-refractivity contribution in [1.82, 2.24) is 10.2 Å². The zero-order valence-corrected chi connectivity index (χ0v) is 14.1. The lowest BCUT2D eigenvalue weighted by molar-refractivity contribution is 0.102. The van der Waals surface area contributed by atoms with Gasteiger partial charge in [-0.15, -0.1) is 0 Å². The second-order valence-corrected chi connectivity index (χ2v) is 6.21. The number of anilines is 1. The molecule has 19 heavy (non-hydrogen) atoms. The topological polar surface area (TPSA) is 57.8 Å². The van der Waals surface area contributed by atoms with Gasteiger partial charge in [-0.05, 0) is 63.1 Å². The molecule has 100 valence electrons. The standard InChI is InChI=1S/C13H13BrIN3O/c1-2-3-9-7-12(18-17-9)16-13(19)10-6-8(15)4-5-11(10)14/h4-7H,2-3H2,1H3,(H2,16,17,18,19). The Bertz CT molecular complexity index is 597. The molecule has 1 aromatic heterocycles. The summed E-state index contributed by atoms with van der Waals surface area (Å²) < 4.78 is 1.79. The Hall–Kier alpha value is -0.890. The van der Waals surface area contributed by atoms with Crippen LogP contribution in [0.25, 0.3) is 0 Å². The van der Waals surface area contributed by atoms with E-state index in [2.05, 4.69) is 61.0 Å². The van der Waals surface area contributed by atoms with E-state index in [-0.39, 0.29) is 5.91 Å². The maximum absolute atomic E-state index is 12.2. The Kier molecular flexibility index (Phi) is 4.98. The van der Waals surface area contributed by atoms with Crippen LogP contribution in [-0.2, 0) is 6.42 Å². The van der Waals surface area contributed by atoms with Gasteiger partial charge in [0, 0.05) is 19.8 Å². The molecule has 0 bridgehead atoms. The summed E-state index contributed by atoms with van der Waals surface area (Å²) in [4.78, 5) is 12.2. The number of H-pyrrole nitrogens is 1. The predicted molar refractivity (Wildman–Crippen MR) is 87.4 cm³/mol. The minimum atomic E-state index is -0.167. The van der Waals surface area contributed by atoms with Gasteiger partial charge in [-0.25, -0.2) is 0 Å². The van der Waals surface area contributed by atoms with Gasteiger partial charge in [0.2, 0.25) is 0 Å². The molecule has 0 aliphatic carbocycles. The summed E-state index contributed by atoms with van der Waals surface area (Å²) in [6, 6.07) is 7.50. The number of nitrogens with zero attached hydrogens (tertiary/aromatic N) is 1. The van der Waals surface area contributed by atoms with Crippen LogP contribution >= 0.6 is 38.5 Å². The lowest BCUT2D eigenvalue weighted by Crippen LogP contribution is -2.13. The molecular weight excluding hydrogens is 421 g/mol. The van der Waals surface area contributed by atoms with Crippen molar-refractivity contribution in [2.75, 3.05) is 5.32 Å². The molecule has 0 aliphatic rings. The molecule has 0 radical (unpaired) electrons. The van der Waals surface area contributed by atoms with Gasteiger partial charge < -0.3 is 5.32 Å². The SMILES string of the molecule is CCCc1cc(NC(=O)c2cc(I)ccc2Br)n[nH]1. The Labute approximate surface area is 133 Å². The third-order valence-corrected chi connectivity index (χ3v) is 3.93. The number of hydrogen-bond acceptors (Lipinski definition) is 2. The van der Waals surface area contributed by atoms with E-state index in [9.17, 15) is 4.79 Å². The summed E-state index contributed by atoms with van der Waals surface area (Å²) in [5.41, 5.74) is 1.63. The van der Waals surface area contributed by atoms with Gasteiger partial charge in [0.25, 0.3) is 5.91 Å². The summed E-state index contributed by atoms with van der Waals surface area (Å²) in [6.45, 7) is 2.10. The lowest BCUT2D eigenvalue weighted by Gasteiger charge is -2.04. The third-order valence-electron chi connectivity index (χ3n) is 2.56. The van der Waals surface area contributed by atoms with Crippen molar-refractivity contribution in [1.29, 1.82) is 0 Å². The maximum Gasteiger partial charge on any atom is 0.258 e. The summed E-state index contributed by atoms with van der Waals surface area (Å²) in [5, 5.41) is 9.78. The quantitative estimate of drug-likeness (QED) is 0.716. The van der Waals surface area contributed by atoms with E-state index in [0.29, 0.717) is 11.4 Å². The van der Waals surface area contributed by atoms with E-state index in [4.69, 9.17) is 0 Å². The number of aryl methyl sites for hydroxylation is 1. The van der Waals surface area contributed by atoms with Crippen LogP contribution in [-0.4, -0.2) is 16.1 Å². The number of amides is 1. The molecule has 0 saturated carbocycles. The van der Waals surface area contributed by atoms with Crippen molar-refractivity contribution in [2.45, 2.75) is 19.8 Å². The van der Waals surface area contributed by atoms with Crippen LogP contribution in [0.15, 0.2) is 28.7 Å². The number of rotatable bonds is 4. The molecule has 2 rings (SSSR count). The molecule has 0 spiro atoms. The van der Waals surface area contributed by atoms with Crippen molar-refractivity contribution >= 4 is 50.2 Å². The smallest absolute Gasteiger partial charge is 0.258 e. The van der Waals surface area contributed by atoms with E-state index in [1.807, 2.05) is 24.3 Å². The molecule has 0 saturated heterocycles. The van der Waals surface area contributed by atoms with Gasteiger partial charge in [0.1, 0.15) is 0 Å². The van der Waals surface area contributed by atoms with Crippen molar-refractivity contribution < 1.29 is 4.79 Å². The number of nitrogens with one attached hydrogen (secondary N) is 2. The second kappa shape index (κ2) is 6.51. The number of carbonyl (C=O) groups excluding carboxylic acids is 1. The van der Waals surface area contributed by atoms with Crippen molar-refractivity contribution in [3.8, 4) is 0 Å². The van der Waals surface area contributed by atoms with Gasteiger partial charge in [0.15, 0.2) is 5.82 Å². The number of aromatic nitrogens is 2. The molecule has 6 heteroatoms. The number of hydrogen-bond donors (Lipinski definition) is 2. The predicted octanol–water partition coefficient (Wildman–Crippen LogP) is 3.98. The molecule has 0 fully saturated rings. The van der Waals surface area contributed by atoms with E-state index in [1.165, 1.54) is 0 Å². The lowest BCUT2D eigenvalue weighted by atomic mass is 10.2. The van der Waals surface area contributed by atoms with Gasteiger partial charge in [-0.2, -0.15) is 5.10 Å². The van der Waals surface area contributed by atoms with Gasteiger partial charge in [-0.1, -0.05) is 13.3 Å². The first kappa shape index (κ1) is 14.5. The average Bonchev–Trinajstić information content (AvgIpc) is 2.80. The van der Waals surface area contributed by atoms with Gasteiger partial charge in [-0.3, -0.25) is 9.89 Å². The number of carbonyl (C=O) groups is 1. The van der Waals surface area contributed by atoms with Gasteiger partial charge >= 0.3 is 0 Å². The second-order valence-electron chi connectivity index (χ2n) is 4.11. The molecule has 1 aromatic carbocycles. The first-order chi connectivity index (χ1) is 9.10. The fourth-order valence-corrected chi connectivity index (χ4v) is 2.60. The molecule has 4 nitrogen and oxygen atoms in total. The summed E-state index contributed by atoms with van der Waals surface area (Å²) >= 11 is 5.56. The normalized spacial score (nSPS) is 10.5. The summed E-state index contributed by atoms with van der Waals surface area (Å²) in [6.07, 6.45) is 1.97. The highest BCUT2D eigenvalue weighted by Gasteiger charge is 2.12. The Morgan fingerprint density at radius 3 is 3.00 bits per heavy atom. The zero-order valence-electron chi connectivity index (χ0n) is 10.3. The number of aromatic amines is 1. The molecule has 2 N–H and O–H groups in total. The first-order valence-electron chi connectivity index (χ1n) is 5.91. The molecule has 0 unspecified atom stereocenters. The Balaban J connectivity index is 2.13. The maximum atomic E-state index is 12.2. The Morgan fingerprint density at radius 1 is 1.47 bits per heavy atom. The molecule has 1 amide bonds. The van der Waals surface area contributed by atoms with Crippen LogP contribution in [0.5, 0.6) is 0 Å². The molecule has 1 heterocycles. The fraction of sp³-hybridized carbons (Fsp3) is 0.231. The largest absolute Gasteiger partial charge is 0.305 e. The minimum absolute atomic E-state index is 0.167. The fourth-order valence-electron chi connectivity index (χ4n) is 1.68. The summed E-state index contributed by atoms with van der Waals surface area (Å²) in [7, 11) is 0. The molecular formula is C13H13BrIN3O. The first-order valence-corrected chi connectivity index (χ1v) is 7.78. The summed E-state index contributed by atoms with van der Waals surface area (Å²) in [5.74, 6) is 0.388. The van der Waals surface area contributed by atoms with Gasteiger partial charge in [0.05, 0.1) is 5.56 Å². The average molecular weight is 434 g/mol. The van der Waals surface area contributed by atoms with Crippen molar-refractivity contribution in [3.63, 3.8) is 0 Å². The molecule has 2 aromatic rings. The zero-order chi connectivity index (χ0) is 13.8. The Morgan fingerprint density at radius 2 is 2.26 bits per heavy atom. The van der Waals surface area contributed by atoms with E-state index in [1.54, 1.807) is 0 Å². The highest BCUT2D eigenvalue weighted by atomic mass is 127. The number of benzene rings is 1. The van der Waals surface area contributed by atoms with Crippen molar-refractivity contribution in [2.24, 2.45) is 0 Å². The monoisotopic (exact) mass is 433 g/mol. The van der Waals surface area contributed by atoms with E-state index >= 15 is 0 Å². The van der Waals surface area contributed by atoms with Crippen LogP contribution in [0.2, 0.25) is 0 Å². The highest BCUT2D eigenvalue weighted by Crippen LogP contribution is 2.20. The van der Waals surface area contributed by atoms with Crippen LogP contribution in [0, 0.1) is 3.57 Å². The minimum Gasteiger partial charge on any atom is -0.305 e.